The largest absolute Gasteiger partial charge is 0.0654 e. The van der Waals surface area contributed by atoms with Crippen LogP contribution in [0.15, 0.2) is 0 Å². The van der Waals surface area contributed by atoms with Crippen molar-refractivity contribution in [2.24, 2.45) is 0 Å². The van der Waals surface area contributed by atoms with Gasteiger partial charge in [0.25, 0.3) is 0 Å². The number of unbranched alkanes of at least 4 members (excludes halogenated alkanes) is 8. The smallest absolute Gasteiger partial charge is 0.0383 e. The van der Waals surface area contributed by atoms with Crippen molar-refractivity contribution in [2.45, 2.75) is 58.8 Å². The minimum Gasteiger partial charge on any atom is -0.0654 e. The van der Waals surface area contributed by atoms with Gasteiger partial charge in [0, 0.05) is 0 Å². The standard InChI is InChI=1S/C11H22/c1-3-5-7-9-11-10-8-6-4-2/h7,11H,3-6,8-10H2,1-2H3. The molecule has 0 atom stereocenters. The minimum absolute atomic E-state index is 1.22. The first-order chi connectivity index (χ1) is 5.41. The molecule has 0 rings (SSSR count). The lowest BCUT2D eigenvalue weighted by Crippen LogP contribution is -1.81. The lowest BCUT2D eigenvalue weighted by atomic mass is 10.1. The highest BCUT2D eigenvalue weighted by molar-refractivity contribution is 4.75. The van der Waals surface area contributed by atoms with E-state index in [1.165, 1.54) is 44.9 Å². The third kappa shape index (κ3) is 10.0. The van der Waals surface area contributed by atoms with E-state index in [-0.39, 0.29) is 0 Å². The molecule has 11 heavy (non-hydrogen) atoms. The second kappa shape index (κ2) is 10.0. The predicted octanol–water partition coefficient (Wildman–Crippen LogP) is 4.17. The van der Waals surface area contributed by atoms with Crippen molar-refractivity contribution in [3.63, 3.8) is 0 Å². The van der Waals surface area contributed by atoms with Crippen LogP contribution in [0.25, 0.3) is 0 Å². The molecule has 0 heterocycles. The highest BCUT2D eigenvalue weighted by Gasteiger charge is 1.89. The Kier molecular flexibility index (Phi) is 10.0. The molecule has 0 bridgehead atoms. The topological polar surface area (TPSA) is 0 Å². The summed E-state index contributed by atoms with van der Waals surface area (Å²) in [6, 6.07) is 0. The molecule has 2 radical (unpaired) electrons. The Bertz CT molecular complexity index is 49.1. The van der Waals surface area contributed by atoms with E-state index in [0.717, 1.165) is 0 Å². The number of rotatable bonds is 8. The van der Waals surface area contributed by atoms with Gasteiger partial charge in [-0.3, -0.25) is 0 Å². The molecule has 0 aliphatic heterocycles. The molecule has 66 valence electrons. The highest BCUT2D eigenvalue weighted by Crippen LogP contribution is 2.07. The normalized spacial score (nSPS) is 10.4. The van der Waals surface area contributed by atoms with Crippen LogP contribution in [-0.2, 0) is 0 Å². The van der Waals surface area contributed by atoms with E-state index in [2.05, 4.69) is 26.7 Å². The van der Waals surface area contributed by atoms with E-state index >= 15 is 0 Å². The predicted molar refractivity (Wildman–Crippen MR) is 52.3 cm³/mol. The second-order valence-corrected chi connectivity index (χ2v) is 3.10. The monoisotopic (exact) mass is 154 g/mol. The van der Waals surface area contributed by atoms with Crippen molar-refractivity contribution < 1.29 is 0 Å². The van der Waals surface area contributed by atoms with Gasteiger partial charge >= 0.3 is 0 Å². The first-order valence-electron chi connectivity index (χ1n) is 5.05. The van der Waals surface area contributed by atoms with Gasteiger partial charge in [0.05, 0.1) is 0 Å². The molecule has 0 aliphatic carbocycles. The summed E-state index contributed by atoms with van der Waals surface area (Å²) in [5.74, 6) is 0. The van der Waals surface area contributed by atoms with Crippen LogP contribution in [0.3, 0.4) is 0 Å². The summed E-state index contributed by atoms with van der Waals surface area (Å²) in [5.41, 5.74) is 0. The molecule has 0 unspecified atom stereocenters. The first kappa shape index (κ1) is 11.0. The van der Waals surface area contributed by atoms with Gasteiger partial charge in [-0.15, -0.1) is 0 Å². The summed E-state index contributed by atoms with van der Waals surface area (Å²) in [7, 11) is 0. The van der Waals surface area contributed by atoms with Crippen molar-refractivity contribution in [1.82, 2.24) is 0 Å². The van der Waals surface area contributed by atoms with Gasteiger partial charge in [0.15, 0.2) is 0 Å². The Labute approximate surface area is 72.4 Å². The van der Waals surface area contributed by atoms with E-state index in [4.69, 9.17) is 0 Å². The maximum Gasteiger partial charge on any atom is -0.0383 e. The van der Waals surface area contributed by atoms with Crippen molar-refractivity contribution in [3.8, 4) is 0 Å². The molecule has 0 aromatic rings. The summed E-state index contributed by atoms with van der Waals surface area (Å²) in [5, 5.41) is 0. The van der Waals surface area contributed by atoms with E-state index < -0.39 is 0 Å². The van der Waals surface area contributed by atoms with E-state index in [9.17, 15) is 0 Å². The summed E-state index contributed by atoms with van der Waals surface area (Å²) in [4.78, 5) is 0. The van der Waals surface area contributed by atoms with Crippen LogP contribution in [0.5, 0.6) is 0 Å². The quantitative estimate of drug-likeness (QED) is 0.460. The molecule has 0 saturated heterocycles. The molecule has 0 aromatic heterocycles. The van der Waals surface area contributed by atoms with E-state index in [1.54, 1.807) is 0 Å². The average molecular weight is 154 g/mol. The lowest BCUT2D eigenvalue weighted by molar-refractivity contribution is 0.695. The number of hydrogen-bond acceptors (Lipinski definition) is 0. The minimum atomic E-state index is 1.22. The zero-order chi connectivity index (χ0) is 8.36. The fraction of sp³-hybridized carbons (Fsp3) is 0.818. The molecule has 0 heteroatoms. The van der Waals surface area contributed by atoms with E-state index in [0.29, 0.717) is 0 Å². The summed E-state index contributed by atoms with van der Waals surface area (Å²) in [6.45, 7) is 4.48. The van der Waals surface area contributed by atoms with Crippen molar-refractivity contribution in [3.05, 3.63) is 12.8 Å². The Morgan fingerprint density at radius 3 is 2.18 bits per heavy atom. The zero-order valence-electron chi connectivity index (χ0n) is 8.10. The molecule has 0 saturated carbocycles. The molecule has 0 aromatic carbocycles. The van der Waals surface area contributed by atoms with E-state index in [1.807, 2.05) is 0 Å². The van der Waals surface area contributed by atoms with Crippen LogP contribution >= 0.6 is 0 Å². The number of hydrogen-bond donors (Lipinski definition) is 0. The summed E-state index contributed by atoms with van der Waals surface area (Å²) in [6.07, 6.45) is 14.0. The van der Waals surface area contributed by atoms with Gasteiger partial charge in [0.1, 0.15) is 0 Å². The molecule has 0 spiro atoms. The summed E-state index contributed by atoms with van der Waals surface area (Å²) < 4.78 is 0. The van der Waals surface area contributed by atoms with Crippen molar-refractivity contribution in [2.75, 3.05) is 0 Å². The van der Waals surface area contributed by atoms with Crippen LogP contribution < -0.4 is 0 Å². The fourth-order valence-electron chi connectivity index (χ4n) is 1.10. The summed E-state index contributed by atoms with van der Waals surface area (Å²) >= 11 is 0. The van der Waals surface area contributed by atoms with Crippen molar-refractivity contribution >= 4 is 0 Å². The first-order valence-corrected chi connectivity index (χ1v) is 5.05. The van der Waals surface area contributed by atoms with Crippen LogP contribution in [-0.4, -0.2) is 0 Å². The molecular formula is C11H22. The molecular weight excluding hydrogens is 132 g/mol. The maximum atomic E-state index is 2.41. The SMILES string of the molecule is CCC[CH]C[CH]CCCCC. The maximum absolute atomic E-state index is 2.41. The molecule has 0 nitrogen and oxygen atoms in total. The van der Waals surface area contributed by atoms with Crippen molar-refractivity contribution in [1.29, 1.82) is 0 Å². The Balaban J connectivity index is 2.69. The third-order valence-electron chi connectivity index (χ3n) is 1.84. The molecule has 0 aliphatic rings. The van der Waals surface area contributed by atoms with Gasteiger partial charge in [-0.25, -0.2) is 0 Å². The molecule has 0 N–H and O–H groups in total. The Morgan fingerprint density at radius 2 is 1.55 bits per heavy atom. The lowest BCUT2D eigenvalue weighted by Gasteiger charge is -1.98. The zero-order valence-corrected chi connectivity index (χ0v) is 8.10. The fourth-order valence-corrected chi connectivity index (χ4v) is 1.10. The van der Waals surface area contributed by atoms with Crippen LogP contribution in [0, 0.1) is 12.8 Å². The van der Waals surface area contributed by atoms with Crippen LogP contribution in [0.1, 0.15) is 58.8 Å². The third-order valence-corrected chi connectivity index (χ3v) is 1.84. The average Bonchev–Trinajstić information content (AvgIpc) is 2.03. The van der Waals surface area contributed by atoms with Crippen LogP contribution in [0.2, 0.25) is 0 Å². The van der Waals surface area contributed by atoms with Gasteiger partial charge in [-0.1, -0.05) is 52.4 Å². The van der Waals surface area contributed by atoms with Gasteiger partial charge in [0.2, 0.25) is 0 Å². The van der Waals surface area contributed by atoms with Gasteiger partial charge < -0.3 is 0 Å². The van der Waals surface area contributed by atoms with Crippen LogP contribution in [0.4, 0.5) is 0 Å². The highest BCUT2D eigenvalue weighted by atomic mass is 13.9. The van der Waals surface area contributed by atoms with Gasteiger partial charge in [-0.05, 0) is 19.3 Å². The Morgan fingerprint density at radius 1 is 0.818 bits per heavy atom. The van der Waals surface area contributed by atoms with Gasteiger partial charge in [-0.2, -0.15) is 0 Å². The molecule has 0 amide bonds. The Hall–Kier alpha value is 0. The second-order valence-electron chi connectivity index (χ2n) is 3.10. The molecule has 0 fully saturated rings.